The van der Waals surface area contributed by atoms with Gasteiger partial charge in [-0.2, -0.15) is 4.39 Å². The maximum absolute atomic E-state index is 13.0. The van der Waals surface area contributed by atoms with Gasteiger partial charge in [-0.3, -0.25) is 4.79 Å². The second-order valence-electron chi connectivity index (χ2n) is 6.11. The van der Waals surface area contributed by atoms with Gasteiger partial charge in [0, 0.05) is 17.8 Å². The Kier molecular flexibility index (Phi) is 5.71. The topological polar surface area (TPSA) is 42.0 Å². The summed E-state index contributed by atoms with van der Waals surface area (Å²) in [5.74, 6) is -1.09. The number of rotatable bonds is 5. The number of amides is 1. The first-order chi connectivity index (χ1) is 13.0. The first-order valence-corrected chi connectivity index (χ1v) is 8.47. The molecule has 1 amide bonds. The Labute approximate surface area is 156 Å². The van der Waals surface area contributed by atoms with Crippen LogP contribution in [0.2, 0.25) is 0 Å². The number of carbonyl (C=O) groups excluding carboxylic acids is 1. The largest absolute Gasteiger partial charge is 0.346 e. The molecule has 1 N–H and O–H groups in total. The minimum atomic E-state index is -0.525. The van der Waals surface area contributed by atoms with E-state index in [4.69, 9.17) is 0 Å². The van der Waals surface area contributed by atoms with Crippen LogP contribution in [0.25, 0.3) is 17.2 Å². The summed E-state index contributed by atoms with van der Waals surface area (Å²) in [4.78, 5) is 15.8. The fourth-order valence-corrected chi connectivity index (χ4v) is 2.62. The number of aromatic nitrogens is 1. The number of nitrogens with zero attached hydrogens (tertiary/aromatic N) is 1. The molecule has 3 aromatic rings. The van der Waals surface area contributed by atoms with Gasteiger partial charge in [0.15, 0.2) is 0 Å². The van der Waals surface area contributed by atoms with Crippen LogP contribution in [0.3, 0.4) is 0 Å². The molecule has 0 saturated carbocycles. The van der Waals surface area contributed by atoms with Gasteiger partial charge in [0.2, 0.25) is 11.9 Å². The molecule has 0 bridgehead atoms. The van der Waals surface area contributed by atoms with Crippen LogP contribution in [0, 0.1) is 11.8 Å². The summed E-state index contributed by atoms with van der Waals surface area (Å²) in [6.45, 7) is 1.88. The molecule has 3 nitrogen and oxygen atoms in total. The van der Waals surface area contributed by atoms with Gasteiger partial charge in [0.1, 0.15) is 5.82 Å². The van der Waals surface area contributed by atoms with Crippen LogP contribution in [-0.4, -0.2) is 10.9 Å². The third kappa shape index (κ3) is 5.07. The van der Waals surface area contributed by atoms with E-state index in [1.54, 1.807) is 24.3 Å². The molecular formula is C22H18F2N2O. The number of pyridine rings is 1. The molecule has 0 aliphatic heterocycles. The van der Waals surface area contributed by atoms with Crippen molar-refractivity contribution < 1.29 is 13.6 Å². The van der Waals surface area contributed by atoms with Gasteiger partial charge in [-0.15, -0.1) is 0 Å². The monoisotopic (exact) mass is 364 g/mol. The summed E-state index contributed by atoms with van der Waals surface area (Å²) in [6, 6.07) is 16.3. The molecule has 136 valence electrons. The van der Waals surface area contributed by atoms with Gasteiger partial charge in [0.25, 0.3) is 0 Å². The van der Waals surface area contributed by atoms with Gasteiger partial charge >= 0.3 is 0 Å². The maximum atomic E-state index is 13.0. The average molecular weight is 364 g/mol. The van der Waals surface area contributed by atoms with Gasteiger partial charge in [0.05, 0.1) is 6.04 Å². The molecule has 1 heterocycles. The summed E-state index contributed by atoms with van der Waals surface area (Å²) >= 11 is 0. The summed E-state index contributed by atoms with van der Waals surface area (Å²) in [5.41, 5.74) is 3.35. The molecule has 0 fully saturated rings. The molecular weight excluding hydrogens is 346 g/mol. The quantitative estimate of drug-likeness (QED) is 0.516. The molecule has 1 atom stereocenters. The fraction of sp³-hybridized carbons (Fsp3) is 0.0909. The Hall–Kier alpha value is -3.34. The second kappa shape index (κ2) is 8.36. The minimum absolute atomic E-state index is 0.219. The summed E-state index contributed by atoms with van der Waals surface area (Å²) in [6.07, 6.45) is 4.52. The van der Waals surface area contributed by atoms with Crippen molar-refractivity contribution >= 4 is 12.0 Å². The Morgan fingerprint density at radius 2 is 1.81 bits per heavy atom. The van der Waals surface area contributed by atoms with E-state index in [1.807, 2.05) is 31.2 Å². The van der Waals surface area contributed by atoms with E-state index in [0.717, 1.165) is 22.3 Å². The molecule has 3 rings (SSSR count). The highest BCUT2D eigenvalue weighted by atomic mass is 19.1. The van der Waals surface area contributed by atoms with E-state index in [1.165, 1.54) is 30.5 Å². The molecule has 0 radical (unpaired) electrons. The van der Waals surface area contributed by atoms with E-state index in [2.05, 4.69) is 10.3 Å². The van der Waals surface area contributed by atoms with Crippen molar-refractivity contribution in [3.8, 4) is 11.1 Å². The first kappa shape index (κ1) is 18.5. The van der Waals surface area contributed by atoms with Gasteiger partial charge in [-0.25, -0.2) is 9.37 Å². The van der Waals surface area contributed by atoms with Crippen LogP contribution >= 0.6 is 0 Å². The van der Waals surface area contributed by atoms with E-state index < -0.39 is 5.95 Å². The van der Waals surface area contributed by atoms with E-state index in [9.17, 15) is 13.6 Å². The first-order valence-electron chi connectivity index (χ1n) is 8.47. The van der Waals surface area contributed by atoms with Crippen LogP contribution in [0.4, 0.5) is 8.78 Å². The number of hydrogen-bond acceptors (Lipinski definition) is 2. The molecule has 5 heteroatoms. The maximum Gasteiger partial charge on any atom is 0.244 e. The SMILES string of the molecule is C[C@H](NC(=O)/C=C/c1ccc(F)cc1)c1cccc(-c2ccc(F)nc2)c1. The van der Waals surface area contributed by atoms with Crippen LogP contribution in [0.1, 0.15) is 24.1 Å². The number of halogens is 2. The van der Waals surface area contributed by atoms with Crippen molar-refractivity contribution in [2.45, 2.75) is 13.0 Å². The summed E-state index contributed by atoms with van der Waals surface area (Å²) in [7, 11) is 0. The lowest BCUT2D eigenvalue weighted by molar-refractivity contribution is -0.117. The summed E-state index contributed by atoms with van der Waals surface area (Å²) < 4.78 is 25.9. The van der Waals surface area contributed by atoms with Crippen LogP contribution in [0.15, 0.2) is 72.9 Å². The highest BCUT2D eigenvalue weighted by Gasteiger charge is 2.09. The molecule has 0 saturated heterocycles. The van der Waals surface area contributed by atoms with Crippen molar-refractivity contribution in [3.63, 3.8) is 0 Å². The van der Waals surface area contributed by atoms with Crippen molar-refractivity contribution in [2.75, 3.05) is 0 Å². The van der Waals surface area contributed by atoms with E-state index >= 15 is 0 Å². The summed E-state index contributed by atoms with van der Waals surface area (Å²) in [5, 5.41) is 2.89. The second-order valence-corrected chi connectivity index (χ2v) is 6.11. The molecule has 0 aliphatic carbocycles. The van der Waals surface area contributed by atoms with E-state index in [0.29, 0.717) is 0 Å². The molecule has 2 aromatic carbocycles. The Balaban J connectivity index is 1.67. The van der Waals surface area contributed by atoms with Gasteiger partial charge in [-0.05, 0) is 60.0 Å². The van der Waals surface area contributed by atoms with E-state index in [-0.39, 0.29) is 17.8 Å². The molecule has 0 aliphatic rings. The van der Waals surface area contributed by atoms with Crippen molar-refractivity contribution in [3.05, 3.63) is 95.8 Å². The average Bonchev–Trinajstić information content (AvgIpc) is 2.68. The molecule has 0 unspecified atom stereocenters. The van der Waals surface area contributed by atoms with Gasteiger partial charge in [-0.1, -0.05) is 30.3 Å². The predicted octanol–water partition coefficient (Wildman–Crippen LogP) is 4.92. The van der Waals surface area contributed by atoms with Gasteiger partial charge < -0.3 is 5.32 Å². The Morgan fingerprint density at radius 3 is 2.52 bits per heavy atom. The number of carbonyl (C=O) groups is 1. The smallest absolute Gasteiger partial charge is 0.244 e. The lowest BCUT2D eigenvalue weighted by atomic mass is 10.0. The lowest BCUT2D eigenvalue weighted by Gasteiger charge is -2.14. The van der Waals surface area contributed by atoms with Crippen LogP contribution in [0.5, 0.6) is 0 Å². The van der Waals surface area contributed by atoms with Crippen LogP contribution < -0.4 is 5.32 Å². The third-order valence-corrected chi connectivity index (χ3v) is 4.10. The Morgan fingerprint density at radius 1 is 1.04 bits per heavy atom. The normalized spacial score (nSPS) is 12.1. The number of benzene rings is 2. The molecule has 0 spiro atoms. The predicted molar refractivity (Wildman–Crippen MR) is 102 cm³/mol. The standard InChI is InChI=1S/C22H18F2N2O/c1-15(26-22(27)12-7-16-5-9-20(23)10-6-16)17-3-2-4-18(13-17)19-8-11-21(24)25-14-19/h2-15H,1H3,(H,26,27)/b12-7+/t15-/m0/s1. The number of hydrogen-bond donors (Lipinski definition) is 1. The zero-order valence-corrected chi connectivity index (χ0v) is 14.7. The highest BCUT2D eigenvalue weighted by Crippen LogP contribution is 2.23. The third-order valence-electron chi connectivity index (χ3n) is 4.10. The molecule has 27 heavy (non-hydrogen) atoms. The van der Waals surface area contributed by atoms with Crippen molar-refractivity contribution in [1.29, 1.82) is 0 Å². The lowest BCUT2D eigenvalue weighted by Crippen LogP contribution is -2.24. The molecule has 1 aromatic heterocycles. The zero-order valence-electron chi connectivity index (χ0n) is 14.7. The zero-order chi connectivity index (χ0) is 19.2. The van der Waals surface area contributed by atoms with Crippen LogP contribution in [-0.2, 0) is 4.79 Å². The van der Waals surface area contributed by atoms with Crippen molar-refractivity contribution in [1.82, 2.24) is 10.3 Å². The number of nitrogens with one attached hydrogen (secondary N) is 1. The highest BCUT2D eigenvalue weighted by molar-refractivity contribution is 5.92. The fourth-order valence-electron chi connectivity index (χ4n) is 2.62. The Bertz CT molecular complexity index is 951. The van der Waals surface area contributed by atoms with Crippen molar-refractivity contribution in [2.24, 2.45) is 0 Å². The minimum Gasteiger partial charge on any atom is -0.346 e.